The van der Waals surface area contributed by atoms with Gasteiger partial charge in [0.2, 0.25) is 0 Å². The van der Waals surface area contributed by atoms with Gasteiger partial charge in [0.1, 0.15) is 5.82 Å². The number of hydrogen-bond acceptors (Lipinski definition) is 6. The van der Waals surface area contributed by atoms with E-state index in [-0.39, 0.29) is 12.2 Å². The molecular formula is C20H21F3N4OS. The van der Waals surface area contributed by atoms with Crippen molar-refractivity contribution >= 4 is 32.5 Å². The number of aromatic nitrogens is 2. The summed E-state index contributed by atoms with van der Waals surface area (Å²) in [6.45, 7) is 6.21. The highest BCUT2D eigenvalue weighted by atomic mass is 32.1. The Balaban J connectivity index is 1.41. The third-order valence-corrected chi connectivity index (χ3v) is 5.71. The number of nitrogens with one attached hydrogen (secondary N) is 1. The Labute approximate surface area is 170 Å². The number of hydrogen-bond donors (Lipinski definition) is 1. The van der Waals surface area contributed by atoms with E-state index in [0.717, 1.165) is 36.6 Å². The molecule has 1 aromatic carbocycles. The first-order chi connectivity index (χ1) is 13.8. The number of thiazole rings is 1. The summed E-state index contributed by atoms with van der Waals surface area (Å²) in [5.74, 6) is 0.912. The van der Waals surface area contributed by atoms with Gasteiger partial charge in [0.25, 0.3) is 0 Å². The lowest BCUT2D eigenvalue weighted by atomic mass is 10.2. The zero-order chi connectivity index (χ0) is 20.6. The average Bonchev–Trinajstić information content (AvgIpc) is 3.07. The van der Waals surface area contributed by atoms with Crippen LogP contribution in [0.4, 0.5) is 24.1 Å². The number of fused-ring (bicyclic) bond motifs is 1. The lowest BCUT2D eigenvalue weighted by Gasteiger charge is -2.36. The highest BCUT2D eigenvalue weighted by molar-refractivity contribution is 7.22. The van der Waals surface area contributed by atoms with E-state index in [1.807, 2.05) is 18.3 Å². The molecule has 3 aromatic rings. The van der Waals surface area contributed by atoms with E-state index < -0.39 is 11.7 Å². The van der Waals surface area contributed by atoms with E-state index >= 15 is 0 Å². The Morgan fingerprint density at radius 3 is 2.59 bits per heavy atom. The summed E-state index contributed by atoms with van der Waals surface area (Å²) in [4.78, 5) is 11.0. The minimum Gasteiger partial charge on any atom is -0.372 e. The number of anilines is 2. The predicted molar refractivity (Wildman–Crippen MR) is 108 cm³/mol. The second kappa shape index (κ2) is 7.79. The van der Waals surface area contributed by atoms with E-state index in [2.05, 4.69) is 34.0 Å². The van der Waals surface area contributed by atoms with Crippen LogP contribution in [0, 0.1) is 0 Å². The standard InChI is InChI=1S/C20H21F3N4OS/c1-12-10-27(11-13(2)28-12)18-6-3-14(8-24-18)9-25-19-26-16-7-15(20(21,22)23)4-5-17(16)29-19/h3-8,12-13H,9-11H2,1-2H3,(H,25,26). The maximum absolute atomic E-state index is 12.8. The maximum atomic E-state index is 12.8. The third kappa shape index (κ3) is 4.62. The number of pyridine rings is 1. The molecule has 4 rings (SSSR count). The Kier molecular flexibility index (Phi) is 5.35. The van der Waals surface area contributed by atoms with Crippen LogP contribution >= 0.6 is 11.3 Å². The average molecular weight is 422 g/mol. The summed E-state index contributed by atoms with van der Waals surface area (Å²) in [6.07, 6.45) is -2.23. The van der Waals surface area contributed by atoms with Crippen molar-refractivity contribution in [2.24, 2.45) is 0 Å². The molecule has 0 bridgehead atoms. The molecule has 1 saturated heterocycles. The number of benzene rings is 1. The Hall–Kier alpha value is -2.39. The molecule has 9 heteroatoms. The van der Waals surface area contributed by atoms with Crippen LogP contribution < -0.4 is 10.2 Å². The highest BCUT2D eigenvalue weighted by Gasteiger charge is 2.30. The summed E-state index contributed by atoms with van der Waals surface area (Å²) in [6, 6.07) is 7.60. The van der Waals surface area contributed by atoms with Crippen LogP contribution in [0.3, 0.4) is 0 Å². The fourth-order valence-corrected chi connectivity index (χ4v) is 4.27. The summed E-state index contributed by atoms with van der Waals surface area (Å²) in [5.41, 5.74) is 0.628. The largest absolute Gasteiger partial charge is 0.416 e. The molecule has 0 saturated carbocycles. The zero-order valence-corrected chi connectivity index (χ0v) is 16.8. The topological polar surface area (TPSA) is 50.3 Å². The van der Waals surface area contributed by atoms with E-state index in [1.165, 1.54) is 17.4 Å². The maximum Gasteiger partial charge on any atom is 0.416 e. The fourth-order valence-electron chi connectivity index (χ4n) is 3.43. The van der Waals surface area contributed by atoms with E-state index in [9.17, 15) is 13.2 Å². The number of nitrogens with zero attached hydrogens (tertiary/aromatic N) is 3. The van der Waals surface area contributed by atoms with Crippen molar-refractivity contribution in [3.05, 3.63) is 47.7 Å². The van der Waals surface area contributed by atoms with Crippen molar-refractivity contribution < 1.29 is 17.9 Å². The van der Waals surface area contributed by atoms with Gasteiger partial charge in [-0.15, -0.1) is 0 Å². The Bertz CT molecular complexity index is 980. The van der Waals surface area contributed by atoms with E-state index in [0.29, 0.717) is 21.9 Å². The van der Waals surface area contributed by atoms with Crippen molar-refractivity contribution in [1.29, 1.82) is 0 Å². The Morgan fingerprint density at radius 1 is 1.17 bits per heavy atom. The lowest BCUT2D eigenvalue weighted by Crippen LogP contribution is -2.45. The van der Waals surface area contributed by atoms with Crippen LogP contribution in [-0.4, -0.2) is 35.3 Å². The molecule has 0 amide bonds. The van der Waals surface area contributed by atoms with Crippen LogP contribution in [0.15, 0.2) is 36.5 Å². The van der Waals surface area contributed by atoms with Gasteiger partial charge in [0.15, 0.2) is 5.13 Å². The number of ether oxygens (including phenoxy) is 1. The molecule has 1 N–H and O–H groups in total. The van der Waals surface area contributed by atoms with Crippen LogP contribution in [-0.2, 0) is 17.5 Å². The zero-order valence-electron chi connectivity index (χ0n) is 16.0. The second-order valence-electron chi connectivity index (χ2n) is 7.24. The summed E-state index contributed by atoms with van der Waals surface area (Å²) in [5, 5.41) is 3.76. The predicted octanol–water partition coefficient (Wildman–Crippen LogP) is 4.94. The molecule has 154 valence electrons. The van der Waals surface area contributed by atoms with Crippen molar-refractivity contribution in [3.8, 4) is 0 Å². The first kappa shape index (κ1) is 19.9. The van der Waals surface area contributed by atoms with Crippen molar-refractivity contribution in [3.63, 3.8) is 0 Å². The summed E-state index contributed by atoms with van der Waals surface area (Å²) in [7, 11) is 0. The Morgan fingerprint density at radius 2 is 1.93 bits per heavy atom. The fraction of sp³-hybridized carbons (Fsp3) is 0.400. The summed E-state index contributed by atoms with van der Waals surface area (Å²) >= 11 is 1.33. The summed E-state index contributed by atoms with van der Waals surface area (Å²) < 4.78 is 45.0. The molecule has 0 aliphatic carbocycles. The molecule has 2 aromatic heterocycles. The molecule has 1 fully saturated rings. The molecule has 2 atom stereocenters. The molecule has 1 aliphatic heterocycles. The molecule has 2 unspecified atom stereocenters. The van der Waals surface area contributed by atoms with Gasteiger partial charge in [-0.1, -0.05) is 17.4 Å². The first-order valence-electron chi connectivity index (χ1n) is 9.35. The molecule has 5 nitrogen and oxygen atoms in total. The number of halogens is 3. The van der Waals surface area contributed by atoms with Crippen LogP contribution in [0.25, 0.3) is 10.2 Å². The molecule has 0 radical (unpaired) electrons. The van der Waals surface area contributed by atoms with Gasteiger partial charge in [-0.3, -0.25) is 0 Å². The molecule has 3 heterocycles. The quantitative estimate of drug-likeness (QED) is 0.646. The van der Waals surface area contributed by atoms with Crippen molar-refractivity contribution in [2.75, 3.05) is 23.3 Å². The monoisotopic (exact) mass is 422 g/mol. The number of rotatable bonds is 4. The van der Waals surface area contributed by atoms with E-state index in [1.54, 1.807) is 0 Å². The normalized spacial score (nSPS) is 20.2. The van der Waals surface area contributed by atoms with Crippen LogP contribution in [0.2, 0.25) is 0 Å². The first-order valence-corrected chi connectivity index (χ1v) is 10.2. The smallest absolute Gasteiger partial charge is 0.372 e. The van der Waals surface area contributed by atoms with Gasteiger partial charge >= 0.3 is 6.18 Å². The SMILES string of the molecule is CC1CN(c2ccc(CNc3nc4cc(C(F)(F)F)ccc4s3)cn2)CC(C)O1. The molecule has 0 spiro atoms. The molecule has 1 aliphatic rings. The minimum absolute atomic E-state index is 0.166. The van der Waals surface area contributed by atoms with Gasteiger partial charge in [-0.25, -0.2) is 9.97 Å². The van der Waals surface area contributed by atoms with Gasteiger partial charge in [0.05, 0.1) is 28.0 Å². The molecule has 29 heavy (non-hydrogen) atoms. The van der Waals surface area contributed by atoms with Crippen LogP contribution in [0.1, 0.15) is 25.0 Å². The minimum atomic E-state index is -4.37. The highest BCUT2D eigenvalue weighted by Crippen LogP contribution is 2.34. The molecular weight excluding hydrogens is 401 g/mol. The van der Waals surface area contributed by atoms with Gasteiger partial charge in [-0.05, 0) is 43.7 Å². The number of morpholine rings is 1. The van der Waals surface area contributed by atoms with E-state index in [4.69, 9.17) is 4.74 Å². The van der Waals surface area contributed by atoms with Crippen LogP contribution in [0.5, 0.6) is 0 Å². The van der Waals surface area contributed by atoms with Crippen molar-refractivity contribution in [2.45, 2.75) is 38.8 Å². The lowest BCUT2D eigenvalue weighted by molar-refractivity contribution is -0.137. The van der Waals surface area contributed by atoms with Gasteiger partial charge in [0, 0.05) is 25.8 Å². The third-order valence-electron chi connectivity index (χ3n) is 4.71. The van der Waals surface area contributed by atoms with Gasteiger partial charge < -0.3 is 15.0 Å². The van der Waals surface area contributed by atoms with Crippen molar-refractivity contribution in [1.82, 2.24) is 9.97 Å². The number of alkyl halides is 3. The van der Waals surface area contributed by atoms with Gasteiger partial charge in [-0.2, -0.15) is 13.2 Å². The second-order valence-corrected chi connectivity index (χ2v) is 8.27.